The van der Waals surface area contributed by atoms with Gasteiger partial charge in [-0.15, -0.1) is 0 Å². The van der Waals surface area contributed by atoms with Crippen molar-refractivity contribution in [1.82, 2.24) is 5.32 Å². The summed E-state index contributed by atoms with van der Waals surface area (Å²) >= 11 is 0. The summed E-state index contributed by atoms with van der Waals surface area (Å²) in [5.74, 6) is -1.74. The van der Waals surface area contributed by atoms with Gasteiger partial charge < -0.3 is 14.8 Å². The van der Waals surface area contributed by atoms with Crippen LogP contribution >= 0.6 is 0 Å². The normalized spacial score (nSPS) is 13.8. The van der Waals surface area contributed by atoms with Crippen LogP contribution in [0.3, 0.4) is 0 Å². The van der Waals surface area contributed by atoms with Crippen LogP contribution in [-0.4, -0.2) is 37.1 Å². The summed E-state index contributed by atoms with van der Waals surface area (Å²) < 4.78 is 49.1. The minimum absolute atomic E-state index is 0.251. The molecule has 0 aromatic heterocycles. The van der Waals surface area contributed by atoms with Gasteiger partial charge in [0.25, 0.3) is 0 Å². The smallest absolute Gasteiger partial charge is 0.448 e. The number of rotatable bonds is 6. The van der Waals surface area contributed by atoms with Gasteiger partial charge in [0.05, 0.1) is 6.61 Å². The van der Waals surface area contributed by atoms with Gasteiger partial charge in [-0.05, 0) is 26.0 Å². The van der Waals surface area contributed by atoms with Crippen LogP contribution in [0, 0.1) is 0 Å². The molecule has 6 nitrogen and oxygen atoms in total. The number of amides is 2. The Bertz CT molecular complexity index is 537. The fourth-order valence-corrected chi connectivity index (χ4v) is 1.71. The van der Waals surface area contributed by atoms with Gasteiger partial charge in [-0.2, -0.15) is 13.2 Å². The van der Waals surface area contributed by atoms with Gasteiger partial charge >= 0.3 is 23.9 Å². The van der Waals surface area contributed by atoms with Gasteiger partial charge in [-0.25, -0.2) is 9.59 Å². The number of carbonyl (C=O) groups excluding carboxylic acids is 2. The summed E-state index contributed by atoms with van der Waals surface area (Å²) in [6, 6.07) is 6.53. The fourth-order valence-electron chi connectivity index (χ4n) is 1.71. The summed E-state index contributed by atoms with van der Waals surface area (Å²) in [4.78, 5) is 23.6. The van der Waals surface area contributed by atoms with E-state index in [1.165, 1.54) is 31.3 Å². The lowest BCUT2D eigenvalue weighted by atomic mass is 10.2. The molecule has 0 bridgehead atoms. The Labute approximate surface area is 130 Å². The largest absolute Gasteiger partial charge is 0.462 e. The lowest BCUT2D eigenvalue weighted by Crippen LogP contribution is -2.67. The minimum atomic E-state index is -5.21. The van der Waals surface area contributed by atoms with E-state index in [9.17, 15) is 22.8 Å². The van der Waals surface area contributed by atoms with E-state index >= 15 is 0 Å². The predicted molar refractivity (Wildman–Crippen MR) is 75.6 cm³/mol. The highest BCUT2D eigenvalue weighted by Crippen LogP contribution is 2.33. The van der Waals surface area contributed by atoms with Gasteiger partial charge in [0.1, 0.15) is 0 Å². The molecule has 0 aliphatic rings. The number of hydrogen-bond acceptors (Lipinski definition) is 4. The average Bonchev–Trinajstić information content (AvgIpc) is 2.46. The number of nitrogens with one attached hydrogen (secondary N) is 2. The lowest BCUT2D eigenvalue weighted by Gasteiger charge is -2.33. The molecule has 2 amide bonds. The number of ether oxygens (including phenoxy) is 2. The zero-order chi connectivity index (χ0) is 17.5. The van der Waals surface area contributed by atoms with E-state index in [-0.39, 0.29) is 12.3 Å². The Balaban J connectivity index is 3.03. The number of carbonyl (C=O) groups is 2. The quantitative estimate of drug-likeness (QED) is 0.619. The molecule has 0 spiro atoms. The first-order chi connectivity index (χ1) is 10.8. The molecule has 0 fully saturated rings. The summed E-state index contributed by atoms with van der Waals surface area (Å²) in [5.41, 5.74) is -3.32. The molecule has 0 saturated carbocycles. The van der Waals surface area contributed by atoms with Crippen molar-refractivity contribution in [2.24, 2.45) is 0 Å². The maximum Gasteiger partial charge on any atom is 0.448 e. The topological polar surface area (TPSA) is 76.7 Å². The summed E-state index contributed by atoms with van der Waals surface area (Å²) in [6.45, 7) is 1.83. The van der Waals surface area contributed by atoms with Gasteiger partial charge in [0, 0.05) is 12.3 Å². The van der Waals surface area contributed by atoms with Crippen LogP contribution in [0.15, 0.2) is 30.3 Å². The second-order valence-corrected chi connectivity index (χ2v) is 4.28. The Morgan fingerprint density at radius 2 is 1.70 bits per heavy atom. The van der Waals surface area contributed by atoms with Crippen LogP contribution in [0.4, 0.5) is 23.7 Å². The molecule has 0 radical (unpaired) electrons. The Morgan fingerprint density at radius 1 is 1.09 bits per heavy atom. The van der Waals surface area contributed by atoms with Crippen molar-refractivity contribution in [3.8, 4) is 0 Å². The molecule has 23 heavy (non-hydrogen) atoms. The molecule has 9 heteroatoms. The molecule has 1 atom stereocenters. The molecule has 1 aromatic carbocycles. The van der Waals surface area contributed by atoms with E-state index in [1.54, 1.807) is 18.2 Å². The van der Waals surface area contributed by atoms with Crippen molar-refractivity contribution in [3.05, 3.63) is 30.3 Å². The van der Waals surface area contributed by atoms with E-state index in [2.05, 4.69) is 14.8 Å². The lowest BCUT2D eigenvalue weighted by molar-refractivity contribution is -0.282. The molecule has 0 unspecified atom stereocenters. The maximum absolute atomic E-state index is 13.4. The molecule has 0 heterocycles. The molecular weight excluding hydrogens is 317 g/mol. The fraction of sp³-hybridized carbons (Fsp3) is 0.429. The van der Waals surface area contributed by atoms with Crippen LogP contribution < -0.4 is 10.6 Å². The van der Waals surface area contributed by atoms with Crippen molar-refractivity contribution in [2.75, 3.05) is 18.5 Å². The van der Waals surface area contributed by atoms with Gasteiger partial charge in [0.15, 0.2) is 0 Å². The molecule has 1 rings (SSSR count). The molecule has 2 N–H and O–H groups in total. The first-order valence-corrected chi connectivity index (χ1v) is 6.79. The summed E-state index contributed by atoms with van der Waals surface area (Å²) in [6.07, 6.45) is -5.21. The summed E-state index contributed by atoms with van der Waals surface area (Å²) in [5, 5.41) is 3.72. The van der Waals surface area contributed by atoms with Crippen molar-refractivity contribution < 1.29 is 32.2 Å². The Hall–Kier alpha value is -2.29. The number of hydrogen-bond donors (Lipinski definition) is 2. The van der Waals surface area contributed by atoms with E-state index in [0.717, 1.165) is 0 Å². The third kappa shape index (κ3) is 4.59. The molecule has 0 aliphatic carbocycles. The summed E-state index contributed by atoms with van der Waals surface area (Å²) in [7, 11) is 0. The monoisotopic (exact) mass is 334 g/mol. The molecular formula is C14H17F3N2O4. The van der Waals surface area contributed by atoms with Gasteiger partial charge in [0.2, 0.25) is 0 Å². The average molecular weight is 334 g/mol. The van der Waals surface area contributed by atoms with Crippen LogP contribution in [0.5, 0.6) is 0 Å². The zero-order valence-corrected chi connectivity index (χ0v) is 12.6. The van der Waals surface area contributed by atoms with E-state index in [4.69, 9.17) is 0 Å². The number of alkyl halides is 3. The van der Waals surface area contributed by atoms with Crippen molar-refractivity contribution in [2.45, 2.75) is 25.7 Å². The van der Waals surface area contributed by atoms with E-state index in [0.29, 0.717) is 0 Å². The Morgan fingerprint density at radius 3 is 2.17 bits per heavy atom. The first-order valence-electron chi connectivity index (χ1n) is 6.79. The first kappa shape index (κ1) is 18.8. The second-order valence-electron chi connectivity index (χ2n) is 4.28. The minimum Gasteiger partial charge on any atom is -0.462 e. The van der Waals surface area contributed by atoms with E-state index in [1.807, 2.05) is 0 Å². The number of anilines is 1. The number of halogens is 3. The van der Waals surface area contributed by atoms with Crippen LogP contribution in [0.25, 0.3) is 0 Å². The molecule has 0 saturated heterocycles. The Kier molecular flexibility index (Phi) is 6.38. The van der Waals surface area contributed by atoms with Crippen LogP contribution in [0.1, 0.15) is 13.8 Å². The van der Waals surface area contributed by atoms with E-state index < -0.39 is 30.5 Å². The van der Waals surface area contributed by atoms with Gasteiger partial charge in [-0.3, -0.25) is 5.32 Å². The highest BCUT2D eigenvalue weighted by Gasteiger charge is 2.64. The molecule has 0 aliphatic heterocycles. The highest BCUT2D eigenvalue weighted by molar-refractivity contribution is 5.94. The van der Waals surface area contributed by atoms with Crippen molar-refractivity contribution in [3.63, 3.8) is 0 Å². The third-order valence-corrected chi connectivity index (χ3v) is 2.64. The van der Waals surface area contributed by atoms with Crippen molar-refractivity contribution in [1.29, 1.82) is 0 Å². The number of para-hydroxylation sites is 1. The number of benzene rings is 1. The molecule has 1 aromatic rings. The SMILES string of the molecule is CCOC(=O)[C@@](NC(=O)Nc1ccccc1)(OCC)C(F)(F)F. The predicted octanol–water partition coefficient (Wildman–Crippen LogP) is 2.67. The van der Waals surface area contributed by atoms with Crippen molar-refractivity contribution >= 4 is 17.7 Å². The molecule has 128 valence electrons. The standard InChI is InChI=1S/C14H17F3N2O4/c1-3-22-11(20)13(23-4-2,14(15,16)17)19-12(21)18-10-8-6-5-7-9-10/h5-9H,3-4H2,1-2H3,(H2,18,19,21)/t13-/m1/s1. The number of urea groups is 1. The second kappa shape index (κ2) is 7.82. The zero-order valence-electron chi connectivity index (χ0n) is 12.6. The maximum atomic E-state index is 13.4. The highest BCUT2D eigenvalue weighted by atomic mass is 19.4. The van der Waals surface area contributed by atoms with Gasteiger partial charge in [-0.1, -0.05) is 18.2 Å². The van der Waals surface area contributed by atoms with Crippen LogP contribution in [0.2, 0.25) is 0 Å². The number of esters is 1. The third-order valence-electron chi connectivity index (χ3n) is 2.64. The van der Waals surface area contributed by atoms with Crippen LogP contribution in [-0.2, 0) is 14.3 Å².